The monoisotopic (exact) mass is 1820 g/mol. The molecule has 0 saturated carbocycles. The molecule has 0 radical (unpaired) electrons. The summed E-state index contributed by atoms with van der Waals surface area (Å²) in [6, 6.07) is 152. The number of para-hydroxylation sites is 4. The summed E-state index contributed by atoms with van der Waals surface area (Å²) in [6.45, 7) is 2.81. The molecule has 606 valence electrons. The topological polar surface area (TPSA) is 98.7 Å². The standard InChI is InChI=1S/2C56H35N4.C5H8O2.Ir/c2*1-3-19-41(20-4-1)59(55-45-23-11-7-15-37(45)33-38-16-8-12-24-46(38)55)43-27-29-49-51(35-43)52-36-44(28-30-50(52)54-53(49)57-31-32-58-54)60(42-21-5-2-6-22-42)56-47-25-13-9-17-39(47)34-40-18-10-14-26-48(40)56;1-4(6)3-5(2)7;/h2*1-29,31-36H;3H2,1-2H3;/q2*-1;;+3. The molecule has 2 heterocycles. The second-order valence-corrected chi connectivity index (χ2v) is 32.2. The van der Waals surface area contributed by atoms with Crippen molar-refractivity contribution in [2.24, 2.45) is 0 Å². The summed E-state index contributed by atoms with van der Waals surface area (Å²) in [4.78, 5) is 49.5. The molecule has 0 spiro atoms. The first kappa shape index (κ1) is 79.0. The van der Waals surface area contributed by atoms with Gasteiger partial charge >= 0.3 is 20.1 Å². The largest absolute Gasteiger partial charge is 3.00 e. The number of benzene rings is 22. The van der Waals surface area contributed by atoms with E-state index >= 15 is 0 Å². The number of aromatic nitrogens is 4. The summed E-state index contributed by atoms with van der Waals surface area (Å²) >= 11 is 0. The SMILES string of the molecule is CC(=O)CC(C)=O.[Ir+3].[c-]1cc(N(c2ccccc2)c2c3ccccc3cc3ccccc23)cc2c1c1nccnc1c1ccc(N(c3ccccc3)c3c4ccccc4cc4ccccc34)cc21.[c-]1cc(N(c2ccccc2)c2c3ccccc3cc3ccccc23)cc2c1c1nccnc1c1ccc(N(c3ccccc3)c3c4ccccc4cc4ccccc34)cc21. The molecule has 0 aliphatic heterocycles. The molecule has 0 amide bonds. The number of hydrogen-bond acceptors (Lipinski definition) is 10. The molecule has 0 N–H and O–H groups in total. The van der Waals surface area contributed by atoms with Crippen molar-refractivity contribution in [3.8, 4) is 0 Å². The molecule has 10 nitrogen and oxygen atoms in total. The van der Waals surface area contributed by atoms with Crippen molar-refractivity contribution in [3.63, 3.8) is 0 Å². The third kappa shape index (κ3) is 14.3. The first-order chi connectivity index (χ1) is 62.7. The molecule has 0 unspecified atom stereocenters. The maximum atomic E-state index is 10.0. The van der Waals surface area contributed by atoms with Crippen LogP contribution in [0.4, 0.5) is 68.2 Å². The van der Waals surface area contributed by atoms with E-state index in [2.05, 4.69) is 432 Å². The fraction of sp³-hybridized carbons (Fsp3) is 0.0256. The Balaban J connectivity index is 0.000000144. The van der Waals surface area contributed by atoms with Crippen LogP contribution in [0.15, 0.2) is 425 Å². The van der Waals surface area contributed by atoms with Crippen LogP contribution < -0.4 is 19.6 Å². The minimum atomic E-state index is -0.0625. The van der Waals surface area contributed by atoms with E-state index < -0.39 is 0 Å². The summed E-state index contributed by atoms with van der Waals surface area (Å²) < 4.78 is 0. The Hall–Kier alpha value is -16.2. The van der Waals surface area contributed by atoms with Gasteiger partial charge in [0.25, 0.3) is 0 Å². The van der Waals surface area contributed by atoms with Gasteiger partial charge in [0, 0.05) is 113 Å². The molecule has 11 heteroatoms. The molecule has 128 heavy (non-hydrogen) atoms. The van der Waals surface area contributed by atoms with Gasteiger partial charge in [0.15, 0.2) is 0 Å². The van der Waals surface area contributed by atoms with Crippen molar-refractivity contribution in [2.45, 2.75) is 20.3 Å². The van der Waals surface area contributed by atoms with E-state index in [-0.39, 0.29) is 38.1 Å². The Labute approximate surface area is 752 Å². The molecule has 0 fully saturated rings. The Morgan fingerprint density at radius 3 is 0.680 bits per heavy atom. The first-order valence-electron chi connectivity index (χ1n) is 42.7. The van der Waals surface area contributed by atoms with E-state index in [9.17, 15) is 9.59 Å². The van der Waals surface area contributed by atoms with Crippen LogP contribution in [0.3, 0.4) is 0 Å². The fourth-order valence-corrected chi connectivity index (χ4v) is 18.9. The van der Waals surface area contributed by atoms with Crippen LogP contribution in [0.5, 0.6) is 0 Å². The molecule has 0 aliphatic rings. The molecule has 22 aromatic carbocycles. The minimum absolute atomic E-state index is 0. The van der Waals surface area contributed by atoms with Gasteiger partial charge in [0.2, 0.25) is 0 Å². The predicted molar refractivity (Wildman–Crippen MR) is 532 cm³/mol. The van der Waals surface area contributed by atoms with Crippen LogP contribution in [0.25, 0.3) is 151 Å². The van der Waals surface area contributed by atoms with Gasteiger partial charge in [-0.2, -0.15) is 0 Å². The number of Topliss-reactive ketones (excluding diaryl/α,β-unsaturated/α-hetero) is 2. The number of carbonyl (C=O) groups is 2. The van der Waals surface area contributed by atoms with Gasteiger partial charge in [-0.3, -0.25) is 19.6 Å². The Kier molecular flexibility index (Phi) is 20.9. The van der Waals surface area contributed by atoms with E-state index in [1.54, 1.807) is 24.8 Å². The van der Waals surface area contributed by atoms with Gasteiger partial charge in [-0.1, -0.05) is 290 Å². The maximum absolute atomic E-state index is 10.0. The minimum Gasteiger partial charge on any atom is -0.351 e. The van der Waals surface area contributed by atoms with Crippen molar-refractivity contribution in [2.75, 3.05) is 19.6 Å². The summed E-state index contributed by atoms with van der Waals surface area (Å²) in [7, 11) is 0. The zero-order valence-corrected chi connectivity index (χ0v) is 72.2. The van der Waals surface area contributed by atoms with Crippen LogP contribution in [0, 0.1) is 12.1 Å². The third-order valence-corrected chi connectivity index (χ3v) is 24.3. The average Bonchev–Trinajstić information content (AvgIpc) is 0.725. The van der Waals surface area contributed by atoms with E-state index in [0.29, 0.717) is 0 Å². The average molecular weight is 1820 g/mol. The van der Waals surface area contributed by atoms with E-state index in [4.69, 9.17) is 19.9 Å². The quantitative estimate of drug-likeness (QED) is 0.0453. The van der Waals surface area contributed by atoms with Crippen LogP contribution in [0.2, 0.25) is 0 Å². The van der Waals surface area contributed by atoms with Crippen molar-refractivity contribution in [1.82, 2.24) is 19.9 Å². The van der Waals surface area contributed by atoms with E-state index in [1.807, 2.05) is 0 Å². The summed E-state index contributed by atoms with van der Waals surface area (Å²) in [6.07, 6.45) is 7.23. The third-order valence-electron chi connectivity index (χ3n) is 24.3. The molecule has 0 saturated heterocycles. The van der Waals surface area contributed by atoms with Crippen molar-refractivity contribution in [1.29, 1.82) is 0 Å². The normalized spacial score (nSPS) is 11.4. The van der Waals surface area contributed by atoms with Gasteiger partial charge < -0.3 is 29.6 Å². The van der Waals surface area contributed by atoms with Crippen LogP contribution in [-0.4, -0.2) is 31.5 Å². The van der Waals surface area contributed by atoms with Crippen molar-refractivity contribution >= 4 is 231 Å². The van der Waals surface area contributed by atoms with Gasteiger partial charge in [-0.25, -0.2) is 0 Å². The van der Waals surface area contributed by atoms with Gasteiger partial charge in [-0.05, 0) is 187 Å². The van der Waals surface area contributed by atoms with Crippen molar-refractivity contribution in [3.05, 3.63) is 437 Å². The molecular weight excluding hydrogens is 1740 g/mol. The Bertz CT molecular complexity index is 7300. The molecule has 0 aliphatic carbocycles. The van der Waals surface area contributed by atoms with Crippen LogP contribution in [0.1, 0.15) is 20.3 Å². The summed E-state index contributed by atoms with van der Waals surface area (Å²) in [5.41, 5.74) is 16.3. The second-order valence-electron chi connectivity index (χ2n) is 32.2. The number of fused-ring (bicyclic) bond motifs is 20. The summed E-state index contributed by atoms with van der Waals surface area (Å²) in [5.74, 6) is -0.125. The second kappa shape index (κ2) is 33.8. The summed E-state index contributed by atoms with van der Waals surface area (Å²) in [5, 5.41) is 27.2. The predicted octanol–water partition coefficient (Wildman–Crippen LogP) is 31.1. The van der Waals surface area contributed by atoms with Gasteiger partial charge in [0.1, 0.15) is 11.6 Å². The zero-order valence-electron chi connectivity index (χ0n) is 69.8. The number of hydrogen-bond donors (Lipinski definition) is 0. The molecule has 24 rings (SSSR count). The smallest absolute Gasteiger partial charge is 0.351 e. The number of rotatable bonds is 14. The van der Waals surface area contributed by atoms with E-state index in [0.717, 1.165) is 133 Å². The Morgan fingerprint density at radius 1 is 0.219 bits per heavy atom. The van der Waals surface area contributed by atoms with Gasteiger partial charge in [-0.15, -0.1) is 47.2 Å². The number of ketones is 2. The molecule has 0 atom stereocenters. The van der Waals surface area contributed by atoms with Crippen LogP contribution >= 0.6 is 0 Å². The number of anilines is 12. The molecule has 24 aromatic rings. The van der Waals surface area contributed by atoms with Crippen LogP contribution in [-0.2, 0) is 29.7 Å². The fourth-order valence-electron chi connectivity index (χ4n) is 18.9. The van der Waals surface area contributed by atoms with Crippen molar-refractivity contribution < 1.29 is 29.7 Å². The molecule has 0 bridgehead atoms. The van der Waals surface area contributed by atoms with Gasteiger partial charge in [0.05, 0.1) is 40.2 Å². The first-order valence-corrected chi connectivity index (χ1v) is 42.7. The number of nitrogens with zero attached hydrogens (tertiary/aromatic N) is 8. The number of carbonyl (C=O) groups excluding carboxylic acids is 2. The maximum Gasteiger partial charge on any atom is 3.00 e. The molecular formula is C117H78IrN8O2+. The van der Waals surface area contributed by atoms with E-state index in [1.165, 1.54) is 100 Å². The zero-order chi connectivity index (χ0) is 85.0. The Morgan fingerprint density at radius 2 is 0.438 bits per heavy atom. The molecule has 2 aromatic heterocycles.